The molecule has 1 atom stereocenters. The SMILES string of the molecule is CS[C@]1(c2cccc3ccccc23)ON=C(c2ccc(Cl)cc2)S1. The van der Waals surface area contributed by atoms with Gasteiger partial charge in [-0.25, -0.2) is 0 Å². The van der Waals surface area contributed by atoms with E-state index in [9.17, 15) is 0 Å². The van der Waals surface area contributed by atoms with E-state index in [4.69, 9.17) is 16.4 Å². The number of hydrogen-bond donors (Lipinski definition) is 0. The summed E-state index contributed by atoms with van der Waals surface area (Å²) in [4.78, 5) is 5.96. The van der Waals surface area contributed by atoms with Crippen LogP contribution in [-0.2, 0) is 9.10 Å². The molecule has 0 spiro atoms. The number of oxime groups is 1. The van der Waals surface area contributed by atoms with Crippen molar-refractivity contribution in [1.29, 1.82) is 0 Å². The van der Waals surface area contributed by atoms with E-state index in [1.807, 2.05) is 24.3 Å². The van der Waals surface area contributed by atoms with Crippen molar-refractivity contribution in [2.45, 2.75) is 4.27 Å². The molecule has 1 heterocycles. The van der Waals surface area contributed by atoms with Gasteiger partial charge in [0.05, 0.1) is 0 Å². The van der Waals surface area contributed by atoms with Crippen molar-refractivity contribution in [3.8, 4) is 0 Å². The molecule has 0 saturated heterocycles. The van der Waals surface area contributed by atoms with Gasteiger partial charge in [0.2, 0.25) is 0 Å². The lowest BCUT2D eigenvalue weighted by atomic mass is 10.1. The van der Waals surface area contributed by atoms with Crippen molar-refractivity contribution in [1.82, 2.24) is 0 Å². The lowest BCUT2D eigenvalue weighted by Crippen LogP contribution is -2.17. The molecule has 0 aromatic heterocycles. The van der Waals surface area contributed by atoms with Gasteiger partial charge in [-0.1, -0.05) is 83.1 Å². The van der Waals surface area contributed by atoms with Crippen molar-refractivity contribution in [3.63, 3.8) is 0 Å². The average molecular weight is 372 g/mol. The summed E-state index contributed by atoms with van der Waals surface area (Å²) in [5.41, 5.74) is 2.14. The molecule has 0 unspecified atom stereocenters. The molecule has 5 heteroatoms. The number of benzene rings is 3. The molecule has 3 aromatic carbocycles. The Labute approximate surface area is 154 Å². The monoisotopic (exact) mass is 371 g/mol. The lowest BCUT2D eigenvalue weighted by Gasteiger charge is -2.25. The van der Waals surface area contributed by atoms with E-state index in [1.54, 1.807) is 23.5 Å². The van der Waals surface area contributed by atoms with E-state index in [-0.39, 0.29) is 0 Å². The molecule has 0 radical (unpaired) electrons. The Morgan fingerprint density at radius 2 is 1.75 bits per heavy atom. The zero-order valence-electron chi connectivity index (χ0n) is 12.9. The molecule has 0 N–H and O–H groups in total. The summed E-state index contributed by atoms with van der Waals surface area (Å²) in [5, 5.41) is 8.34. The summed E-state index contributed by atoms with van der Waals surface area (Å²) in [6.45, 7) is 0. The predicted octanol–water partition coefficient (Wildman–Crippen LogP) is 6.09. The van der Waals surface area contributed by atoms with Crippen molar-refractivity contribution >= 4 is 50.9 Å². The molecule has 0 fully saturated rings. The third-order valence-corrected chi connectivity index (χ3v) is 6.86. The number of nitrogens with zero attached hydrogens (tertiary/aromatic N) is 1. The van der Waals surface area contributed by atoms with Crippen molar-refractivity contribution < 1.29 is 4.84 Å². The second-order valence-electron chi connectivity index (χ2n) is 5.38. The second kappa shape index (κ2) is 6.36. The highest BCUT2D eigenvalue weighted by Crippen LogP contribution is 2.53. The van der Waals surface area contributed by atoms with Crippen LogP contribution in [0.2, 0.25) is 5.02 Å². The van der Waals surface area contributed by atoms with Crippen LogP contribution in [0.3, 0.4) is 0 Å². The molecule has 1 aliphatic rings. The fourth-order valence-electron chi connectivity index (χ4n) is 2.76. The Morgan fingerprint density at radius 1 is 1.00 bits per heavy atom. The van der Waals surface area contributed by atoms with Crippen molar-refractivity contribution in [2.75, 3.05) is 6.26 Å². The number of hydrogen-bond acceptors (Lipinski definition) is 4. The Hall–Kier alpha value is -1.62. The highest BCUT2D eigenvalue weighted by atomic mass is 35.5. The Morgan fingerprint density at radius 3 is 2.54 bits per heavy atom. The molecule has 24 heavy (non-hydrogen) atoms. The van der Waals surface area contributed by atoms with Crippen LogP contribution in [0.5, 0.6) is 0 Å². The van der Waals surface area contributed by atoms with Gasteiger partial charge in [-0.2, -0.15) is 0 Å². The van der Waals surface area contributed by atoms with Gasteiger partial charge in [0.1, 0.15) is 5.04 Å². The predicted molar refractivity (Wildman–Crippen MR) is 106 cm³/mol. The highest BCUT2D eigenvalue weighted by Gasteiger charge is 2.43. The zero-order valence-corrected chi connectivity index (χ0v) is 15.3. The molecule has 4 rings (SSSR count). The van der Waals surface area contributed by atoms with Crippen LogP contribution in [0.15, 0.2) is 71.9 Å². The number of thioether (sulfide) groups is 2. The van der Waals surface area contributed by atoms with E-state index >= 15 is 0 Å². The largest absolute Gasteiger partial charge is 0.360 e. The molecule has 0 aliphatic carbocycles. The molecule has 1 aliphatic heterocycles. The van der Waals surface area contributed by atoms with Crippen LogP contribution in [0.25, 0.3) is 10.8 Å². The number of fused-ring (bicyclic) bond motifs is 1. The maximum Gasteiger partial charge on any atom is 0.260 e. The van der Waals surface area contributed by atoms with Gasteiger partial charge >= 0.3 is 0 Å². The number of rotatable bonds is 3. The molecule has 0 amide bonds. The van der Waals surface area contributed by atoms with Crippen LogP contribution in [-0.4, -0.2) is 11.3 Å². The first-order valence-corrected chi connectivity index (χ1v) is 9.88. The molecule has 120 valence electrons. The minimum atomic E-state index is -0.574. The molecular weight excluding hydrogens is 358 g/mol. The van der Waals surface area contributed by atoms with E-state index in [0.29, 0.717) is 5.02 Å². The van der Waals surface area contributed by atoms with Gasteiger partial charge in [0, 0.05) is 16.1 Å². The Kier molecular flexibility index (Phi) is 4.21. The number of halogens is 1. The fraction of sp³-hybridized carbons (Fsp3) is 0.105. The maximum atomic E-state index is 5.98. The molecule has 0 bridgehead atoms. The van der Waals surface area contributed by atoms with Crippen molar-refractivity contribution in [2.24, 2.45) is 5.16 Å². The second-order valence-corrected chi connectivity index (χ2v) is 8.23. The van der Waals surface area contributed by atoms with Gasteiger partial charge in [-0.15, -0.1) is 0 Å². The molecule has 0 saturated carbocycles. The topological polar surface area (TPSA) is 21.6 Å². The summed E-state index contributed by atoms with van der Waals surface area (Å²) < 4.78 is -0.574. The molecule has 3 aromatic rings. The van der Waals surface area contributed by atoms with E-state index in [0.717, 1.165) is 16.2 Å². The van der Waals surface area contributed by atoms with Crippen LogP contribution in [0, 0.1) is 0 Å². The summed E-state index contributed by atoms with van der Waals surface area (Å²) in [5.74, 6) is 0. The van der Waals surface area contributed by atoms with Gasteiger partial charge in [-0.05, 0) is 40.9 Å². The van der Waals surface area contributed by atoms with Crippen LogP contribution in [0.1, 0.15) is 11.1 Å². The first-order chi connectivity index (χ1) is 11.7. The summed E-state index contributed by atoms with van der Waals surface area (Å²) in [7, 11) is 0. The minimum Gasteiger partial charge on any atom is -0.360 e. The van der Waals surface area contributed by atoms with Gasteiger partial charge in [-0.3, -0.25) is 0 Å². The summed E-state index contributed by atoms with van der Waals surface area (Å²) in [6, 6.07) is 22.3. The first kappa shape index (κ1) is 15.9. The van der Waals surface area contributed by atoms with Crippen LogP contribution in [0.4, 0.5) is 0 Å². The first-order valence-electron chi connectivity index (χ1n) is 7.46. The third kappa shape index (κ3) is 2.69. The van der Waals surface area contributed by atoms with Gasteiger partial charge < -0.3 is 4.84 Å². The van der Waals surface area contributed by atoms with E-state index < -0.39 is 4.27 Å². The zero-order chi connectivity index (χ0) is 16.6. The maximum absolute atomic E-state index is 5.98. The van der Waals surface area contributed by atoms with E-state index in [1.165, 1.54) is 10.8 Å². The fourth-order valence-corrected chi connectivity index (χ4v) is 4.91. The highest BCUT2D eigenvalue weighted by molar-refractivity contribution is 8.25. The van der Waals surface area contributed by atoms with Crippen LogP contribution >= 0.6 is 35.1 Å². The van der Waals surface area contributed by atoms with Crippen molar-refractivity contribution in [3.05, 3.63) is 82.9 Å². The van der Waals surface area contributed by atoms with Gasteiger partial charge in [0.25, 0.3) is 4.27 Å². The molecule has 2 nitrogen and oxygen atoms in total. The van der Waals surface area contributed by atoms with Gasteiger partial charge in [0.15, 0.2) is 0 Å². The summed E-state index contributed by atoms with van der Waals surface area (Å²) >= 11 is 9.26. The standard InChI is InChI=1S/C19H14ClNOS2/c1-23-19(17-8-4-6-13-5-2-3-7-16(13)17)22-21-18(24-19)14-9-11-15(20)12-10-14/h2-12H,1H3/t19-/m0/s1. The third-order valence-electron chi connectivity index (χ3n) is 3.96. The summed E-state index contributed by atoms with van der Waals surface area (Å²) in [6.07, 6.45) is 2.05. The Bertz CT molecular complexity index is 921. The lowest BCUT2D eigenvalue weighted by molar-refractivity contribution is 0.106. The molecular formula is C19H14ClNOS2. The quantitative estimate of drug-likeness (QED) is 0.555. The normalized spacial score (nSPS) is 20.0. The van der Waals surface area contributed by atoms with Crippen LogP contribution < -0.4 is 0 Å². The van der Waals surface area contributed by atoms with E-state index in [2.05, 4.69) is 53.9 Å². The smallest absolute Gasteiger partial charge is 0.260 e. The minimum absolute atomic E-state index is 0.574. The Balaban J connectivity index is 1.75. The average Bonchev–Trinajstić information content (AvgIpc) is 3.07.